The first-order chi connectivity index (χ1) is 9.19. The molecule has 0 spiro atoms. The van der Waals surface area contributed by atoms with E-state index < -0.39 is 0 Å². The van der Waals surface area contributed by atoms with Crippen molar-refractivity contribution in [3.63, 3.8) is 0 Å². The van der Waals surface area contributed by atoms with Crippen LogP contribution in [0.3, 0.4) is 0 Å². The highest BCUT2D eigenvalue weighted by Gasteiger charge is 2.03. The lowest BCUT2D eigenvalue weighted by Crippen LogP contribution is -2.39. The van der Waals surface area contributed by atoms with Crippen LogP contribution in [0, 0.1) is 5.92 Å². The van der Waals surface area contributed by atoms with Gasteiger partial charge < -0.3 is 15.7 Å². The molecule has 0 amide bonds. The zero-order chi connectivity index (χ0) is 14.1. The van der Waals surface area contributed by atoms with Gasteiger partial charge in [0, 0.05) is 29.5 Å². The summed E-state index contributed by atoms with van der Waals surface area (Å²) in [5.41, 5.74) is 0. The van der Waals surface area contributed by atoms with E-state index in [2.05, 4.69) is 34.7 Å². The molecular formula is C14H25N3OS. The molecule has 1 atom stereocenters. The second-order valence-corrected chi connectivity index (χ2v) is 5.84. The Kier molecular flexibility index (Phi) is 7.52. The van der Waals surface area contributed by atoms with Crippen molar-refractivity contribution in [1.29, 1.82) is 0 Å². The molecule has 108 valence electrons. The summed E-state index contributed by atoms with van der Waals surface area (Å²) in [5, 5.41) is 15.5. The Morgan fingerprint density at radius 3 is 2.63 bits per heavy atom. The molecule has 19 heavy (non-hydrogen) atoms. The van der Waals surface area contributed by atoms with E-state index >= 15 is 0 Å². The number of aliphatic hydroxyl groups excluding tert-OH is 1. The van der Waals surface area contributed by atoms with Gasteiger partial charge >= 0.3 is 0 Å². The second kappa shape index (κ2) is 8.93. The number of aliphatic hydroxyl groups is 1. The van der Waals surface area contributed by atoms with Crippen molar-refractivity contribution in [3.8, 4) is 0 Å². The number of thiophene rings is 1. The minimum Gasteiger partial charge on any atom is -0.396 e. The van der Waals surface area contributed by atoms with E-state index in [1.807, 2.05) is 25.2 Å². The molecule has 1 rings (SSSR count). The highest BCUT2D eigenvalue weighted by molar-refractivity contribution is 7.11. The van der Waals surface area contributed by atoms with Gasteiger partial charge in [0.05, 0.1) is 6.54 Å². The Bertz CT molecular complexity index is 390. The summed E-state index contributed by atoms with van der Waals surface area (Å²) in [4.78, 5) is 7.24. The third-order valence-corrected chi connectivity index (χ3v) is 3.95. The van der Waals surface area contributed by atoms with Crippen LogP contribution in [0.15, 0.2) is 17.1 Å². The summed E-state index contributed by atoms with van der Waals surface area (Å²) in [6, 6.07) is 4.32. The molecule has 0 radical (unpaired) electrons. The lowest BCUT2D eigenvalue weighted by molar-refractivity contribution is 0.238. The van der Waals surface area contributed by atoms with E-state index in [0.717, 1.165) is 25.5 Å². The molecule has 0 saturated carbocycles. The van der Waals surface area contributed by atoms with E-state index in [1.165, 1.54) is 9.75 Å². The first-order valence-corrected chi connectivity index (χ1v) is 7.71. The molecule has 0 saturated heterocycles. The lowest BCUT2D eigenvalue weighted by Gasteiger charge is -2.13. The molecule has 1 aromatic rings. The van der Waals surface area contributed by atoms with Crippen molar-refractivity contribution >= 4 is 17.3 Å². The summed E-state index contributed by atoms with van der Waals surface area (Å²) < 4.78 is 0. The van der Waals surface area contributed by atoms with Crippen molar-refractivity contribution < 1.29 is 5.11 Å². The van der Waals surface area contributed by atoms with E-state index in [1.54, 1.807) is 0 Å². The molecule has 1 heterocycles. The fourth-order valence-corrected chi connectivity index (χ4v) is 2.41. The van der Waals surface area contributed by atoms with Crippen LogP contribution in [0.5, 0.6) is 0 Å². The van der Waals surface area contributed by atoms with Gasteiger partial charge in [-0.2, -0.15) is 0 Å². The number of aliphatic imine (C=N–C) groups is 1. The SMILES string of the molecule is CCNC(=NCc1ccc(CC)s1)NCC(C)CO. The van der Waals surface area contributed by atoms with E-state index in [0.29, 0.717) is 6.54 Å². The molecule has 4 nitrogen and oxygen atoms in total. The summed E-state index contributed by atoms with van der Waals surface area (Å²) >= 11 is 1.82. The van der Waals surface area contributed by atoms with Crippen LogP contribution in [0.1, 0.15) is 30.5 Å². The predicted molar refractivity (Wildman–Crippen MR) is 82.8 cm³/mol. The number of hydrogen-bond acceptors (Lipinski definition) is 3. The van der Waals surface area contributed by atoms with Crippen molar-refractivity contribution in [3.05, 3.63) is 21.9 Å². The normalized spacial score (nSPS) is 13.4. The molecule has 5 heteroatoms. The van der Waals surface area contributed by atoms with Crippen LogP contribution < -0.4 is 10.6 Å². The van der Waals surface area contributed by atoms with Gasteiger partial charge in [-0.1, -0.05) is 13.8 Å². The van der Waals surface area contributed by atoms with E-state index in [-0.39, 0.29) is 12.5 Å². The van der Waals surface area contributed by atoms with Crippen LogP contribution in [-0.4, -0.2) is 30.8 Å². The van der Waals surface area contributed by atoms with Crippen LogP contribution in [0.25, 0.3) is 0 Å². The van der Waals surface area contributed by atoms with Crippen molar-refractivity contribution in [1.82, 2.24) is 10.6 Å². The van der Waals surface area contributed by atoms with E-state index in [4.69, 9.17) is 5.11 Å². The third-order valence-electron chi connectivity index (χ3n) is 2.73. The molecule has 1 aromatic heterocycles. The fraction of sp³-hybridized carbons (Fsp3) is 0.643. The summed E-state index contributed by atoms with van der Waals surface area (Å²) in [6.07, 6.45) is 1.08. The largest absolute Gasteiger partial charge is 0.396 e. The minimum atomic E-state index is 0.192. The van der Waals surface area contributed by atoms with Crippen molar-refractivity contribution in [2.24, 2.45) is 10.9 Å². The monoisotopic (exact) mass is 283 g/mol. The molecule has 0 bridgehead atoms. The highest BCUT2D eigenvalue weighted by atomic mass is 32.1. The molecule has 0 aliphatic carbocycles. The molecule has 3 N–H and O–H groups in total. The van der Waals surface area contributed by atoms with Gasteiger partial charge in [-0.15, -0.1) is 11.3 Å². The molecular weight excluding hydrogens is 258 g/mol. The lowest BCUT2D eigenvalue weighted by atomic mass is 10.2. The van der Waals surface area contributed by atoms with Crippen LogP contribution >= 0.6 is 11.3 Å². The average molecular weight is 283 g/mol. The Balaban J connectivity index is 2.51. The minimum absolute atomic E-state index is 0.192. The maximum Gasteiger partial charge on any atom is 0.191 e. The zero-order valence-corrected chi connectivity index (χ0v) is 12.9. The summed E-state index contributed by atoms with van der Waals surface area (Å²) in [5.74, 6) is 1.05. The average Bonchev–Trinajstić information content (AvgIpc) is 2.89. The highest BCUT2D eigenvalue weighted by Crippen LogP contribution is 2.17. The molecule has 0 fully saturated rings. The van der Waals surface area contributed by atoms with Gasteiger partial charge in [0.2, 0.25) is 0 Å². The molecule has 1 unspecified atom stereocenters. The maximum absolute atomic E-state index is 9.02. The first kappa shape index (κ1) is 16.0. The first-order valence-electron chi connectivity index (χ1n) is 6.90. The fourth-order valence-electron chi connectivity index (χ4n) is 1.53. The number of rotatable bonds is 7. The predicted octanol–water partition coefficient (Wildman–Crippen LogP) is 1.99. The number of aryl methyl sites for hydroxylation is 1. The topological polar surface area (TPSA) is 56.7 Å². The smallest absolute Gasteiger partial charge is 0.191 e. The van der Waals surface area contributed by atoms with Crippen molar-refractivity contribution in [2.75, 3.05) is 19.7 Å². The van der Waals surface area contributed by atoms with Gasteiger partial charge in [-0.25, -0.2) is 4.99 Å². The van der Waals surface area contributed by atoms with Crippen LogP contribution in [0.2, 0.25) is 0 Å². The quantitative estimate of drug-likeness (QED) is 0.530. The Morgan fingerprint density at radius 1 is 1.32 bits per heavy atom. The third kappa shape index (κ3) is 6.07. The molecule has 0 aliphatic rings. The second-order valence-electron chi connectivity index (χ2n) is 4.59. The Morgan fingerprint density at radius 2 is 2.05 bits per heavy atom. The van der Waals surface area contributed by atoms with Gasteiger partial charge in [0.15, 0.2) is 5.96 Å². The number of nitrogens with zero attached hydrogens (tertiary/aromatic N) is 1. The van der Waals surface area contributed by atoms with Gasteiger partial charge in [0.25, 0.3) is 0 Å². The van der Waals surface area contributed by atoms with Crippen LogP contribution in [0.4, 0.5) is 0 Å². The zero-order valence-electron chi connectivity index (χ0n) is 12.1. The number of hydrogen-bond donors (Lipinski definition) is 3. The number of nitrogens with one attached hydrogen (secondary N) is 2. The van der Waals surface area contributed by atoms with Gasteiger partial charge in [0.1, 0.15) is 0 Å². The summed E-state index contributed by atoms with van der Waals surface area (Å²) in [6.45, 7) is 8.68. The van der Waals surface area contributed by atoms with E-state index in [9.17, 15) is 0 Å². The number of guanidine groups is 1. The Labute approximate surface area is 120 Å². The van der Waals surface area contributed by atoms with Crippen LogP contribution in [-0.2, 0) is 13.0 Å². The standard InChI is InChI=1S/C14H25N3OS/c1-4-12-6-7-13(19-12)9-17-14(15-5-2)16-8-11(3)10-18/h6-7,11,18H,4-5,8-10H2,1-3H3,(H2,15,16,17). The molecule has 0 aromatic carbocycles. The van der Waals surface area contributed by atoms with Gasteiger partial charge in [-0.05, 0) is 31.4 Å². The Hall–Kier alpha value is -1.07. The van der Waals surface area contributed by atoms with Gasteiger partial charge in [-0.3, -0.25) is 0 Å². The summed E-state index contributed by atoms with van der Waals surface area (Å²) in [7, 11) is 0. The van der Waals surface area contributed by atoms with Crippen molar-refractivity contribution in [2.45, 2.75) is 33.7 Å². The maximum atomic E-state index is 9.02. The molecule has 0 aliphatic heterocycles.